The molecule has 0 saturated heterocycles. The zero-order valence-electron chi connectivity index (χ0n) is 12.7. The van der Waals surface area contributed by atoms with Crippen molar-refractivity contribution < 1.29 is 14.3 Å². The maximum absolute atomic E-state index is 12.1. The molecule has 0 radical (unpaired) electrons. The zero-order valence-corrected chi connectivity index (χ0v) is 12.7. The standard InChI is InChI=1S/C17H20N2O3/c1-12(22-11-13-6-4-3-5-7-13)17(20)19-16-9-8-14(21-2)10-15(16)18/h3-10,12H,11,18H2,1-2H3,(H,19,20). The first kappa shape index (κ1) is 15.9. The summed E-state index contributed by atoms with van der Waals surface area (Å²) >= 11 is 0. The van der Waals surface area contributed by atoms with Gasteiger partial charge in [-0.1, -0.05) is 30.3 Å². The number of ether oxygens (including phenoxy) is 2. The molecule has 0 aliphatic carbocycles. The fraction of sp³-hybridized carbons (Fsp3) is 0.235. The lowest BCUT2D eigenvalue weighted by molar-refractivity contribution is -0.127. The highest BCUT2D eigenvalue weighted by molar-refractivity contribution is 5.96. The van der Waals surface area contributed by atoms with E-state index in [9.17, 15) is 4.79 Å². The molecule has 0 aliphatic rings. The highest BCUT2D eigenvalue weighted by atomic mass is 16.5. The molecule has 0 bridgehead atoms. The third-order valence-electron chi connectivity index (χ3n) is 3.23. The van der Waals surface area contributed by atoms with E-state index in [0.29, 0.717) is 23.7 Å². The molecule has 0 aromatic heterocycles. The molecule has 116 valence electrons. The number of carbonyl (C=O) groups is 1. The Morgan fingerprint density at radius 3 is 2.59 bits per heavy atom. The van der Waals surface area contributed by atoms with E-state index >= 15 is 0 Å². The Kier molecular flexibility index (Phi) is 5.38. The summed E-state index contributed by atoms with van der Waals surface area (Å²) in [6, 6.07) is 14.8. The number of nitrogens with one attached hydrogen (secondary N) is 1. The third kappa shape index (κ3) is 4.23. The van der Waals surface area contributed by atoms with Gasteiger partial charge in [-0.25, -0.2) is 0 Å². The smallest absolute Gasteiger partial charge is 0.253 e. The largest absolute Gasteiger partial charge is 0.497 e. The van der Waals surface area contributed by atoms with E-state index < -0.39 is 6.10 Å². The molecule has 5 heteroatoms. The molecule has 2 aromatic rings. The Bertz CT molecular complexity index is 629. The molecule has 1 amide bonds. The molecule has 0 spiro atoms. The van der Waals surface area contributed by atoms with Crippen LogP contribution in [0.3, 0.4) is 0 Å². The summed E-state index contributed by atoms with van der Waals surface area (Å²) in [5.41, 5.74) is 7.88. The fourth-order valence-corrected chi connectivity index (χ4v) is 1.89. The first-order chi connectivity index (χ1) is 10.6. The lowest BCUT2D eigenvalue weighted by Gasteiger charge is -2.15. The van der Waals surface area contributed by atoms with Crippen LogP contribution in [0.1, 0.15) is 12.5 Å². The fourth-order valence-electron chi connectivity index (χ4n) is 1.89. The molecule has 2 aromatic carbocycles. The van der Waals surface area contributed by atoms with Gasteiger partial charge in [-0.05, 0) is 24.6 Å². The number of carbonyl (C=O) groups excluding carboxylic acids is 1. The minimum absolute atomic E-state index is 0.243. The minimum atomic E-state index is -0.582. The molecular formula is C17H20N2O3. The zero-order chi connectivity index (χ0) is 15.9. The van der Waals surface area contributed by atoms with Crippen LogP contribution in [0.25, 0.3) is 0 Å². The summed E-state index contributed by atoms with van der Waals surface area (Å²) in [6.45, 7) is 2.09. The predicted molar refractivity (Wildman–Crippen MR) is 86.7 cm³/mol. The first-order valence-corrected chi connectivity index (χ1v) is 7.00. The normalized spacial score (nSPS) is 11.7. The molecule has 2 rings (SSSR count). The van der Waals surface area contributed by atoms with Gasteiger partial charge in [0.1, 0.15) is 11.9 Å². The molecule has 3 N–H and O–H groups in total. The summed E-state index contributed by atoms with van der Waals surface area (Å²) in [5.74, 6) is 0.400. The summed E-state index contributed by atoms with van der Waals surface area (Å²) in [7, 11) is 1.56. The number of nitrogens with two attached hydrogens (primary N) is 1. The van der Waals surface area contributed by atoms with Gasteiger partial charge in [0.2, 0.25) is 0 Å². The molecule has 0 fully saturated rings. The average Bonchev–Trinajstić information content (AvgIpc) is 2.55. The van der Waals surface area contributed by atoms with E-state index in [2.05, 4.69) is 5.32 Å². The molecule has 0 saturated carbocycles. The summed E-state index contributed by atoms with van der Waals surface area (Å²) in [6.07, 6.45) is -0.582. The van der Waals surface area contributed by atoms with Gasteiger partial charge < -0.3 is 20.5 Å². The van der Waals surface area contributed by atoms with Crippen molar-refractivity contribution in [2.24, 2.45) is 0 Å². The number of methoxy groups -OCH3 is 1. The Labute approximate surface area is 130 Å². The van der Waals surface area contributed by atoms with Crippen LogP contribution in [0.2, 0.25) is 0 Å². The van der Waals surface area contributed by atoms with E-state index in [-0.39, 0.29) is 5.91 Å². The van der Waals surface area contributed by atoms with Crippen LogP contribution in [0.15, 0.2) is 48.5 Å². The summed E-state index contributed by atoms with van der Waals surface area (Å²) in [4.78, 5) is 12.1. The van der Waals surface area contributed by atoms with Crippen LogP contribution < -0.4 is 15.8 Å². The number of rotatable bonds is 6. The van der Waals surface area contributed by atoms with Crippen LogP contribution in [-0.2, 0) is 16.1 Å². The summed E-state index contributed by atoms with van der Waals surface area (Å²) in [5, 5.41) is 2.75. The molecule has 0 heterocycles. The monoisotopic (exact) mass is 300 g/mol. The second kappa shape index (κ2) is 7.47. The number of nitrogen functional groups attached to an aromatic ring is 1. The van der Waals surface area contributed by atoms with Gasteiger partial charge in [0.25, 0.3) is 5.91 Å². The lowest BCUT2D eigenvalue weighted by Crippen LogP contribution is -2.28. The highest BCUT2D eigenvalue weighted by Crippen LogP contribution is 2.24. The van der Waals surface area contributed by atoms with Gasteiger partial charge in [0, 0.05) is 6.07 Å². The maximum atomic E-state index is 12.1. The quantitative estimate of drug-likeness (QED) is 0.805. The second-order valence-electron chi connectivity index (χ2n) is 4.88. The number of hydrogen-bond donors (Lipinski definition) is 2. The van der Waals surface area contributed by atoms with Gasteiger partial charge in [-0.2, -0.15) is 0 Å². The van der Waals surface area contributed by atoms with Crippen LogP contribution in [0, 0.1) is 0 Å². The van der Waals surface area contributed by atoms with Crippen LogP contribution in [0.5, 0.6) is 5.75 Å². The van der Waals surface area contributed by atoms with Gasteiger partial charge in [0.15, 0.2) is 0 Å². The van der Waals surface area contributed by atoms with Crippen LogP contribution in [-0.4, -0.2) is 19.1 Å². The predicted octanol–water partition coefficient (Wildman–Crippen LogP) is 2.82. The summed E-state index contributed by atoms with van der Waals surface area (Å²) < 4.78 is 10.6. The van der Waals surface area contributed by atoms with Crippen LogP contribution >= 0.6 is 0 Å². The van der Waals surface area contributed by atoms with E-state index in [1.807, 2.05) is 30.3 Å². The van der Waals surface area contributed by atoms with Crippen molar-refractivity contribution in [3.05, 3.63) is 54.1 Å². The van der Waals surface area contributed by atoms with Crippen LogP contribution in [0.4, 0.5) is 11.4 Å². The Balaban J connectivity index is 1.91. The van der Waals surface area contributed by atoms with Gasteiger partial charge in [-0.3, -0.25) is 4.79 Å². The average molecular weight is 300 g/mol. The molecule has 5 nitrogen and oxygen atoms in total. The molecule has 22 heavy (non-hydrogen) atoms. The van der Waals surface area contributed by atoms with Crippen molar-refractivity contribution in [1.29, 1.82) is 0 Å². The lowest BCUT2D eigenvalue weighted by atomic mass is 10.2. The Morgan fingerprint density at radius 1 is 1.23 bits per heavy atom. The third-order valence-corrected chi connectivity index (χ3v) is 3.23. The Hall–Kier alpha value is -2.53. The minimum Gasteiger partial charge on any atom is -0.497 e. The van der Waals surface area contributed by atoms with Crippen molar-refractivity contribution in [3.8, 4) is 5.75 Å². The van der Waals surface area contributed by atoms with E-state index in [1.54, 1.807) is 32.2 Å². The van der Waals surface area contributed by atoms with Crippen molar-refractivity contribution in [2.75, 3.05) is 18.2 Å². The molecular weight excluding hydrogens is 280 g/mol. The van der Waals surface area contributed by atoms with Gasteiger partial charge >= 0.3 is 0 Å². The van der Waals surface area contributed by atoms with E-state index in [1.165, 1.54) is 0 Å². The molecule has 1 unspecified atom stereocenters. The maximum Gasteiger partial charge on any atom is 0.253 e. The number of hydrogen-bond acceptors (Lipinski definition) is 4. The van der Waals surface area contributed by atoms with Gasteiger partial charge in [0.05, 0.1) is 25.1 Å². The molecule has 0 aliphatic heterocycles. The Morgan fingerprint density at radius 2 is 1.95 bits per heavy atom. The van der Waals surface area contributed by atoms with Gasteiger partial charge in [-0.15, -0.1) is 0 Å². The first-order valence-electron chi connectivity index (χ1n) is 7.00. The van der Waals surface area contributed by atoms with Crippen molar-refractivity contribution in [3.63, 3.8) is 0 Å². The number of benzene rings is 2. The van der Waals surface area contributed by atoms with Crippen molar-refractivity contribution in [1.82, 2.24) is 0 Å². The topological polar surface area (TPSA) is 73.6 Å². The van der Waals surface area contributed by atoms with Crippen molar-refractivity contribution >= 4 is 17.3 Å². The number of anilines is 2. The molecule has 1 atom stereocenters. The van der Waals surface area contributed by atoms with E-state index in [4.69, 9.17) is 15.2 Å². The number of amides is 1. The van der Waals surface area contributed by atoms with E-state index in [0.717, 1.165) is 5.56 Å². The van der Waals surface area contributed by atoms with Crippen molar-refractivity contribution in [2.45, 2.75) is 19.6 Å². The SMILES string of the molecule is COc1ccc(NC(=O)C(C)OCc2ccccc2)c(N)c1. The second-order valence-corrected chi connectivity index (χ2v) is 4.88. The highest BCUT2D eigenvalue weighted by Gasteiger charge is 2.15.